The van der Waals surface area contributed by atoms with Crippen LogP contribution in [0.25, 0.3) is 0 Å². The Hall–Kier alpha value is -1.17. The molecule has 0 radical (unpaired) electrons. The molecule has 0 aromatic heterocycles. The zero-order chi connectivity index (χ0) is 12.4. The predicted molar refractivity (Wildman–Crippen MR) is 63.6 cm³/mol. The molecule has 0 bridgehead atoms. The van der Waals surface area contributed by atoms with Gasteiger partial charge >= 0.3 is 7.12 Å². The number of ether oxygens (including phenoxy) is 1. The van der Waals surface area contributed by atoms with Crippen molar-refractivity contribution in [2.24, 2.45) is 0 Å². The van der Waals surface area contributed by atoms with Gasteiger partial charge in [-0.15, -0.1) is 0 Å². The number of aldehydes is 1. The summed E-state index contributed by atoms with van der Waals surface area (Å²) in [5.74, 6) is 0. The Morgan fingerprint density at radius 3 is 2.12 bits per heavy atom. The van der Waals surface area contributed by atoms with Crippen LogP contribution in [0.4, 0.5) is 0 Å². The normalized spacial score (nSPS) is 9.00. The van der Waals surface area contributed by atoms with Crippen LogP contribution in [0.1, 0.15) is 12.0 Å². The molecule has 0 heterocycles. The maximum Gasteiger partial charge on any atom is 0.488 e. The molecule has 0 aliphatic carbocycles. The summed E-state index contributed by atoms with van der Waals surface area (Å²) in [6, 6.07) is 6.87. The van der Waals surface area contributed by atoms with Crippen molar-refractivity contribution < 1.29 is 19.6 Å². The molecule has 0 atom stereocenters. The Morgan fingerprint density at radius 2 is 1.75 bits per heavy atom. The van der Waals surface area contributed by atoms with E-state index in [9.17, 15) is 4.79 Å². The van der Waals surface area contributed by atoms with Crippen LogP contribution in [0.2, 0.25) is 0 Å². The number of carbonyl (C=O) groups excluding carboxylic acids is 1. The van der Waals surface area contributed by atoms with E-state index in [1.54, 1.807) is 38.5 Å². The van der Waals surface area contributed by atoms with E-state index in [4.69, 9.17) is 10.0 Å². The highest BCUT2D eigenvalue weighted by molar-refractivity contribution is 6.58. The second kappa shape index (κ2) is 9.09. The van der Waals surface area contributed by atoms with Crippen LogP contribution in [0.3, 0.4) is 0 Å². The van der Waals surface area contributed by atoms with Gasteiger partial charge in [0.25, 0.3) is 0 Å². The molecule has 0 spiro atoms. The monoisotopic (exact) mass is 224 g/mol. The van der Waals surface area contributed by atoms with E-state index in [0.29, 0.717) is 18.3 Å². The van der Waals surface area contributed by atoms with Crippen LogP contribution in [0, 0.1) is 0 Å². The minimum absolute atomic E-state index is 0.467. The summed E-state index contributed by atoms with van der Waals surface area (Å²) < 4.78 is 4.25. The highest BCUT2D eigenvalue weighted by Crippen LogP contribution is 1.99. The van der Waals surface area contributed by atoms with Crippen LogP contribution >= 0.6 is 0 Å². The van der Waals surface area contributed by atoms with Gasteiger partial charge < -0.3 is 19.6 Å². The fraction of sp³-hybridized carbons (Fsp3) is 0.364. The molecule has 0 aliphatic rings. The van der Waals surface area contributed by atoms with E-state index < -0.39 is 7.12 Å². The first kappa shape index (κ1) is 14.8. The molecule has 2 N–H and O–H groups in total. The van der Waals surface area contributed by atoms with Gasteiger partial charge in [0, 0.05) is 20.6 Å². The summed E-state index contributed by atoms with van der Waals surface area (Å²) in [5, 5.41) is 17.6. The number of aryl methyl sites for hydroxylation is 1. The van der Waals surface area contributed by atoms with E-state index in [-0.39, 0.29) is 0 Å². The lowest BCUT2D eigenvalue weighted by Gasteiger charge is -2.00. The molecule has 1 rings (SSSR count). The molecule has 4 nitrogen and oxygen atoms in total. The predicted octanol–water partition coefficient (Wildman–Crippen LogP) is -0.239. The van der Waals surface area contributed by atoms with Gasteiger partial charge in [0.1, 0.15) is 6.29 Å². The lowest BCUT2D eigenvalue weighted by atomic mass is 9.80. The quantitative estimate of drug-likeness (QED) is 0.547. The van der Waals surface area contributed by atoms with Crippen LogP contribution < -0.4 is 5.46 Å². The van der Waals surface area contributed by atoms with Crippen molar-refractivity contribution in [3.63, 3.8) is 0 Å². The maximum absolute atomic E-state index is 10.1. The lowest BCUT2D eigenvalue weighted by molar-refractivity contribution is -0.107. The van der Waals surface area contributed by atoms with E-state index >= 15 is 0 Å². The number of hydrogen-bond donors (Lipinski definition) is 2. The van der Waals surface area contributed by atoms with Gasteiger partial charge in [0.2, 0.25) is 0 Å². The Labute approximate surface area is 96.0 Å². The average Bonchev–Trinajstić information content (AvgIpc) is 2.28. The largest absolute Gasteiger partial charge is 0.488 e. The van der Waals surface area contributed by atoms with Gasteiger partial charge in [0.15, 0.2) is 0 Å². The van der Waals surface area contributed by atoms with Gasteiger partial charge in [-0.1, -0.05) is 24.3 Å². The molecule has 0 amide bonds. The second-order valence-corrected chi connectivity index (χ2v) is 3.23. The Balaban J connectivity index is 0.000000673. The van der Waals surface area contributed by atoms with Crippen LogP contribution in [-0.4, -0.2) is 37.7 Å². The molecule has 1 aromatic rings. The number of carbonyl (C=O) groups is 1. The van der Waals surface area contributed by atoms with Crippen molar-refractivity contribution in [2.45, 2.75) is 12.8 Å². The lowest BCUT2D eigenvalue weighted by Crippen LogP contribution is -2.29. The summed E-state index contributed by atoms with van der Waals surface area (Å²) in [6.07, 6.45) is 2.07. The van der Waals surface area contributed by atoms with E-state index in [1.807, 2.05) is 0 Å². The SMILES string of the molecule is COC.O=CCCc1ccc(B(O)O)cc1. The summed E-state index contributed by atoms with van der Waals surface area (Å²) >= 11 is 0. The zero-order valence-corrected chi connectivity index (χ0v) is 9.59. The molecular weight excluding hydrogens is 207 g/mol. The number of methoxy groups -OCH3 is 1. The van der Waals surface area contributed by atoms with Gasteiger partial charge in [-0.05, 0) is 17.4 Å². The maximum atomic E-state index is 10.1. The van der Waals surface area contributed by atoms with Crippen molar-refractivity contribution in [3.05, 3.63) is 29.8 Å². The molecule has 16 heavy (non-hydrogen) atoms. The van der Waals surface area contributed by atoms with Gasteiger partial charge in [-0.25, -0.2) is 0 Å². The number of benzene rings is 1. The average molecular weight is 224 g/mol. The van der Waals surface area contributed by atoms with E-state index in [0.717, 1.165) is 11.8 Å². The fourth-order valence-corrected chi connectivity index (χ4v) is 1.08. The summed E-state index contributed by atoms with van der Waals surface area (Å²) in [6.45, 7) is 0. The summed E-state index contributed by atoms with van der Waals surface area (Å²) in [5.41, 5.74) is 1.49. The topological polar surface area (TPSA) is 66.8 Å². The number of rotatable bonds is 4. The summed E-state index contributed by atoms with van der Waals surface area (Å²) in [7, 11) is 1.83. The summed E-state index contributed by atoms with van der Waals surface area (Å²) in [4.78, 5) is 10.1. The zero-order valence-electron chi connectivity index (χ0n) is 9.59. The molecule has 1 aromatic carbocycles. The van der Waals surface area contributed by atoms with Gasteiger partial charge in [0.05, 0.1) is 0 Å². The third-order valence-corrected chi connectivity index (χ3v) is 1.83. The highest BCUT2D eigenvalue weighted by atomic mass is 16.4. The molecule has 0 unspecified atom stereocenters. The standard InChI is InChI=1S/C9H11BO3.C2H6O/c11-7-1-2-8-3-5-9(6-4-8)10(12)13;1-3-2/h3-7,12-13H,1-2H2;1-2H3. The smallest absolute Gasteiger partial charge is 0.423 e. The molecule has 0 aliphatic heterocycles. The third-order valence-electron chi connectivity index (χ3n) is 1.83. The molecule has 0 saturated carbocycles. The molecule has 0 fully saturated rings. The molecular formula is C11H17BO4. The Morgan fingerprint density at radius 1 is 1.25 bits per heavy atom. The van der Waals surface area contributed by atoms with Gasteiger partial charge in [-0.3, -0.25) is 0 Å². The molecule has 0 saturated heterocycles. The minimum atomic E-state index is -1.42. The third kappa shape index (κ3) is 6.34. The van der Waals surface area contributed by atoms with E-state index in [1.165, 1.54) is 0 Å². The first-order valence-electron chi connectivity index (χ1n) is 4.94. The minimum Gasteiger partial charge on any atom is -0.423 e. The van der Waals surface area contributed by atoms with Crippen molar-refractivity contribution >= 4 is 18.9 Å². The highest BCUT2D eigenvalue weighted by Gasteiger charge is 2.09. The van der Waals surface area contributed by atoms with Crippen molar-refractivity contribution in [1.82, 2.24) is 0 Å². The van der Waals surface area contributed by atoms with Crippen molar-refractivity contribution in [3.8, 4) is 0 Å². The molecule has 5 heteroatoms. The number of hydrogen-bond acceptors (Lipinski definition) is 4. The van der Waals surface area contributed by atoms with Crippen LogP contribution in [0.5, 0.6) is 0 Å². The fourth-order valence-electron chi connectivity index (χ4n) is 1.08. The van der Waals surface area contributed by atoms with E-state index in [2.05, 4.69) is 4.74 Å². The van der Waals surface area contributed by atoms with Crippen molar-refractivity contribution in [2.75, 3.05) is 14.2 Å². The Kier molecular flexibility index (Phi) is 8.43. The first-order chi connectivity index (χ1) is 7.65. The van der Waals surface area contributed by atoms with Crippen molar-refractivity contribution in [1.29, 1.82) is 0 Å². The van der Waals surface area contributed by atoms with Crippen LogP contribution in [0.15, 0.2) is 24.3 Å². The van der Waals surface area contributed by atoms with Crippen LogP contribution in [-0.2, 0) is 16.0 Å². The Bertz CT molecular complexity index is 285. The first-order valence-corrected chi connectivity index (χ1v) is 4.94. The molecule has 88 valence electrons. The second-order valence-electron chi connectivity index (χ2n) is 3.23. The van der Waals surface area contributed by atoms with Gasteiger partial charge in [-0.2, -0.15) is 0 Å².